The largest absolute Gasteiger partial charge is 0.376 e. The minimum Gasteiger partial charge on any atom is -0.376 e. The van der Waals surface area contributed by atoms with E-state index in [1.165, 1.54) is 12.3 Å². The van der Waals surface area contributed by atoms with Crippen LogP contribution in [0.25, 0.3) is 0 Å². The summed E-state index contributed by atoms with van der Waals surface area (Å²) >= 11 is 0. The average molecular weight is 251 g/mol. The van der Waals surface area contributed by atoms with Crippen molar-refractivity contribution < 1.29 is 9.66 Å². The molecule has 1 aliphatic rings. The van der Waals surface area contributed by atoms with E-state index in [9.17, 15) is 10.1 Å². The monoisotopic (exact) mass is 251 g/mol. The lowest BCUT2D eigenvalue weighted by Gasteiger charge is -2.29. The number of hydrogen-bond donors (Lipinski definition) is 1. The molecule has 0 spiro atoms. The van der Waals surface area contributed by atoms with Crippen LogP contribution in [0.5, 0.6) is 0 Å². The number of aromatic nitrogens is 1. The van der Waals surface area contributed by atoms with Crippen LogP contribution in [0.2, 0.25) is 0 Å². The van der Waals surface area contributed by atoms with Crippen molar-refractivity contribution >= 4 is 11.5 Å². The summed E-state index contributed by atoms with van der Waals surface area (Å²) in [4.78, 5) is 14.7. The van der Waals surface area contributed by atoms with Gasteiger partial charge in [-0.15, -0.1) is 0 Å². The molecule has 1 aliphatic heterocycles. The van der Waals surface area contributed by atoms with E-state index in [2.05, 4.69) is 10.3 Å². The van der Waals surface area contributed by atoms with Crippen molar-refractivity contribution in [3.8, 4) is 0 Å². The molecule has 0 aliphatic carbocycles. The van der Waals surface area contributed by atoms with Crippen molar-refractivity contribution in [1.82, 2.24) is 4.98 Å². The lowest BCUT2D eigenvalue weighted by atomic mass is 9.95. The van der Waals surface area contributed by atoms with Gasteiger partial charge in [0.25, 0.3) is 5.69 Å². The van der Waals surface area contributed by atoms with Gasteiger partial charge in [-0.05, 0) is 27.2 Å². The van der Waals surface area contributed by atoms with Gasteiger partial charge >= 0.3 is 0 Å². The first kappa shape index (κ1) is 12.8. The first-order valence-corrected chi connectivity index (χ1v) is 5.93. The molecule has 98 valence electrons. The Morgan fingerprint density at radius 2 is 2.39 bits per heavy atom. The van der Waals surface area contributed by atoms with Crippen LogP contribution < -0.4 is 5.32 Å². The number of aryl methyl sites for hydroxylation is 1. The third kappa shape index (κ3) is 2.28. The van der Waals surface area contributed by atoms with E-state index < -0.39 is 0 Å². The number of nitro groups is 1. The highest BCUT2D eigenvalue weighted by Crippen LogP contribution is 2.30. The molecule has 1 aromatic rings. The predicted molar refractivity (Wildman–Crippen MR) is 67.7 cm³/mol. The highest BCUT2D eigenvalue weighted by atomic mass is 16.6. The van der Waals surface area contributed by atoms with Gasteiger partial charge in [-0.3, -0.25) is 10.1 Å². The lowest BCUT2D eigenvalue weighted by Crippen LogP contribution is -2.41. The topological polar surface area (TPSA) is 77.3 Å². The Bertz CT molecular complexity index is 478. The fraction of sp³-hybridized carbons (Fsp3) is 0.583. The third-order valence-corrected chi connectivity index (χ3v) is 3.57. The number of hydrogen-bond acceptors (Lipinski definition) is 5. The highest BCUT2D eigenvalue weighted by Gasteiger charge is 2.37. The van der Waals surface area contributed by atoms with Crippen LogP contribution in [0, 0.1) is 17.0 Å². The minimum absolute atomic E-state index is 0.0552. The van der Waals surface area contributed by atoms with Crippen LogP contribution in [0.3, 0.4) is 0 Å². The van der Waals surface area contributed by atoms with Gasteiger partial charge in [-0.1, -0.05) is 0 Å². The van der Waals surface area contributed by atoms with E-state index in [-0.39, 0.29) is 22.3 Å². The zero-order valence-corrected chi connectivity index (χ0v) is 10.8. The Morgan fingerprint density at radius 1 is 1.67 bits per heavy atom. The molecule has 0 saturated carbocycles. The van der Waals surface area contributed by atoms with Gasteiger partial charge in [0, 0.05) is 18.4 Å². The molecule has 2 atom stereocenters. The third-order valence-electron chi connectivity index (χ3n) is 3.57. The SMILES string of the molecule is Cc1cnc(NC2(C)CCOC2C)cc1[N+](=O)[O-]. The molecular formula is C12H17N3O3. The van der Waals surface area contributed by atoms with Gasteiger partial charge in [-0.25, -0.2) is 4.98 Å². The fourth-order valence-corrected chi connectivity index (χ4v) is 2.07. The second-order valence-corrected chi connectivity index (χ2v) is 4.92. The lowest BCUT2D eigenvalue weighted by molar-refractivity contribution is -0.385. The molecule has 0 aromatic carbocycles. The van der Waals surface area contributed by atoms with Crippen molar-refractivity contribution in [2.45, 2.75) is 38.8 Å². The summed E-state index contributed by atoms with van der Waals surface area (Å²) in [6.07, 6.45) is 2.43. The van der Waals surface area contributed by atoms with E-state index in [1.807, 2.05) is 13.8 Å². The van der Waals surface area contributed by atoms with Gasteiger partial charge in [0.2, 0.25) is 0 Å². The van der Waals surface area contributed by atoms with Crippen LogP contribution in [-0.2, 0) is 4.74 Å². The number of nitrogens with one attached hydrogen (secondary N) is 1. The standard InChI is InChI=1S/C12H17N3O3/c1-8-7-13-11(6-10(8)15(16)17)14-12(3)4-5-18-9(12)2/h6-7,9H,4-5H2,1-3H3,(H,13,14). The second kappa shape index (κ2) is 4.53. The number of nitrogens with zero attached hydrogens (tertiary/aromatic N) is 2. The Balaban J connectivity index is 2.25. The van der Waals surface area contributed by atoms with E-state index in [0.29, 0.717) is 18.0 Å². The Morgan fingerprint density at radius 3 is 2.94 bits per heavy atom. The molecular weight excluding hydrogens is 234 g/mol. The van der Waals surface area contributed by atoms with Crippen LogP contribution >= 0.6 is 0 Å². The van der Waals surface area contributed by atoms with Gasteiger partial charge in [0.1, 0.15) is 5.82 Å². The predicted octanol–water partition coefficient (Wildman–Crippen LogP) is 2.28. The van der Waals surface area contributed by atoms with Crippen molar-refractivity contribution in [2.24, 2.45) is 0 Å². The fourth-order valence-electron chi connectivity index (χ4n) is 2.07. The summed E-state index contributed by atoms with van der Waals surface area (Å²) in [5, 5.41) is 14.1. The number of pyridine rings is 1. The molecule has 0 amide bonds. The summed E-state index contributed by atoms with van der Waals surface area (Å²) < 4.78 is 5.52. The molecule has 6 nitrogen and oxygen atoms in total. The highest BCUT2D eigenvalue weighted by molar-refractivity contribution is 5.50. The zero-order valence-electron chi connectivity index (χ0n) is 10.8. The van der Waals surface area contributed by atoms with Crippen molar-refractivity contribution in [3.63, 3.8) is 0 Å². The maximum atomic E-state index is 10.9. The Kier molecular flexibility index (Phi) is 3.21. The first-order chi connectivity index (χ1) is 8.42. The van der Waals surface area contributed by atoms with Crippen molar-refractivity contribution in [1.29, 1.82) is 0 Å². The normalized spacial score (nSPS) is 27.2. The van der Waals surface area contributed by atoms with Gasteiger partial charge in [-0.2, -0.15) is 0 Å². The summed E-state index contributed by atoms with van der Waals surface area (Å²) in [6, 6.07) is 1.48. The Labute approximate surface area is 106 Å². The summed E-state index contributed by atoms with van der Waals surface area (Å²) in [7, 11) is 0. The summed E-state index contributed by atoms with van der Waals surface area (Å²) in [5.41, 5.74) is 0.421. The van der Waals surface area contributed by atoms with Crippen molar-refractivity contribution in [2.75, 3.05) is 11.9 Å². The van der Waals surface area contributed by atoms with Crippen LogP contribution in [0.1, 0.15) is 25.8 Å². The van der Waals surface area contributed by atoms with E-state index in [1.54, 1.807) is 6.92 Å². The quantitative estimate of drug-likeness (QED) is 0.658. The number of ether oxygens (including phenoxy) is 1. The van der Waals surface area contributed by atoms with E-state index >= 15 is 0 Å². The van der Waals surface area contributed by atoms with Gasteiger partial charge < -0.3 is 10.1 Å². The zero-order chi connectivity index (χ0) is 13.3. The van der Waals surface area contributed by atoms with Gasteiger partial charge in [0.05, 0.1) is 22.6 Å². The molecule has 2 rings (SSSR count). The molecule has 2 heterocycles. The molecule has 0 radical (unpaired) electrons. The summed E-state index contributed by atoms with van der Waals surface area (Å²) in [6.45, 7) is 6.40. The smallest absolute Gasteiger partial charge is 0.277 e. The van der Waals surface area contributed by atoms with E-state index in [4.69, 9.17) is 4.74 Å². The molecule has 18 heavy (non-hydrogen) atoms. The van der Waals surface area contributed by atoms with Crippen LogP contribution in [-0.4, -0.2) is 28.2 Å². The molecule has 2 unspecified atom stereocenters. The minimum atomic E-state index is -0.390. The van der Waals surface area contributed by atoms with E-state index in [0.717, 1.165) is 6.42 Å². The average Bonchev–Trinajstić information content (AvgIpc) is 2.62. The second-order valence-electron chi connectivity index (χ2n) is 4.92. The molecule has 1 fully saturated rings. The van der Waals surface area contributed by atoms with Crippen LogP contribution in [0.15, 0.2) is 12.3 Å². The maximum absolute atomic E-state index is 10.9. The number of rotatable bonds is 3. The molecule has 6 heteroatoms. The molecule has 1 saturated heterocycles. The summed E-state index contributed by atoms with van der Waals surface area (Å²) in [5.74, 6) is 0.521. The van der Waals surface area contributed by atoms with Crippen molar-refractivity contribution in [3.05, 3.63) is 27.9 Å². The van der Waals surface area contributed by atoms with Gasteiger partial charge in [0.15, 0.2) is 0 Å². The molecule has 0 bridgehead atoms. The molecule has 1 N–H and O–H groups in total. The number of anilines is 1. The molecule has 1 aromatic heterocycles. The Hall–Kier alpha value is -1.69. The first-order valence-electron chi connectivity index (χ1n) is 5.93. The van der Waals surface area contributed by atoms with Crippen LogP contribution in [0.4, 0.5) is 11.5 Å². The maximum Gasteiger partial charge on any atom is 0.277 e.